The first kappa shape index (κ1) is 17.4. The third-order valence-electron chi connectivity index (χ3n) is 4.75. The first-order chi connectivity index (χ1) is 10.4. The fourth-order valence-electron chi connectivity index (χ4n) is 3.43. The Hall–Kier alpha value is 0.0569. The Bertz CT molecular complexity index is 238. The smallest absolute Gasteiger partial charge is 0.335 e. The van der Waals surface area contributed by atoms with E-state index in [9.17, 15) is 0 Å². The van der Waals surface area contributed by atoms with Crippen LogP contribution in [0.1, 0.15) is 71.1 Å². The average Bonchev–Trinajstić information content (AvgIpc) is 3.16. The summed E-state index contributed by atoms with van der Waals surface area (Å²) in [6.45, 7) is 5.19. The van der Waals surface area contributed by atoms with Gasteiger partial charge in [0.05, 0.1) is 0 Å². The minimum Gasteiger partial charge on any atom is -0.393 e. The van der Waals surface area contributed by atoms with E-state index in [-0.39, 0.29) is 0 Å². The molecule has 0 spiro atoms. The zero-order chi connectivity index (χ0) is 14.8. The van der Waals surface area contributed by atoms with Gasteiger partial charge in [-0.15, -0.1) is 0 Å². The molecule has 0 aliphatic heterocycles. The molecule has 4 nitrogen and oxygen atoms in total. The second kappa shape index (κ2) is 10.7. The Kier molecular flexibility index (Phi) is 8.89. The van der Waals surface area contributed by atoms with Gasteiger partial charge in [-0.3, -0.25) is 0 Å². The van der Waals surface area contributed by atoms with Crippen LogP contribution >= 0.6 is 0 Å². The Labute approximate surface area is 132 Å². The fourth-order valence-corrected chi connectivity index (χ4v) is 5.60. The third kappa shape index (κ3) is 7.24. The van der Waals surface area contributed by atoms with E-state index >= 15 is 0 Å². The van der Waals surface area contributed by atoms with Crippen molar-refractivity contribution in [3.63, 3.8) is 0 Å². The van der Waals surface area contributed by atoms with Crippen LogP contribution in [0.25, 0.3) is 0 Å². The molecule has 0 bridgehead atoms. The van der Waals surface area contributed by atoms with Gasteiger partial charge in [-0.1, -0.05) is 39.0 Å². The first-order valence-electron chi connectivity index (χ1n) is 9.23. The highest BCUT2D eigenvalue weighted by atomic mass is 28.3. The minimum absolute atomic E-state index is 0.712. The standard InChI is InChI=1S/C16H35N3OSi/c1-2-3-12-17-13-14-20-21(18-15-8-4-5-9-15)19-16-10-6-7-11-16/h15-19,21H,2-14H2,1H3. The molecule has 0 unspecified atom stereocenters. The van der Waals surface area contributed by atoms with Crippen molar-refractivity contribution >= 4 is 9.36 Å². The molecular weight excluding hydrogens is 278 g/mol. The van der Waals surface area contributed by atoms with E-state index < -0.39 is 9.36 Å². The summed E-state index contributed by atoms with van der Waals surface area (Å²) in [6.07, 6.45) is 13.5. The minimum atomic E-state index is -1.44. The summed E-state index contributed by atoms with van der Waals surface area (Å²) in [5.41, 5.74) is 0. The lowest BCUT2D eigenvalue weighted by Crippen LogP contribution is -2.56. The van der Waals surface area contributed by atoms with Crippen molar-refractivity contribution in [2.75, 3.05) is 19.7 Å². The lowest BCUT2D eigenvalue weighted by atomic mass is 10.3. The summed E-state index contributed by atoms with van der Waals surface area (Å²) in [5, 5.41) is 3.47. The highest BCUT2D eigenvalue weighted by Gasteiger charge is 2.25. The Morgan fingerprint density at radius 3 is 2.00 bits per heavy atom. The molecule has 2 aliphatic rings. The van der Waals surface area contributed by atoms with Crippen molar-refractivity contribution in [2.45, 2.75) is 83.2 Å². The molecule has 0 atom stereocenters. The topological polar surface area (TPSA) is 45.3 Å². The van der Waals surface area contributed by atoms with Gasteiger partial charge < -0.3 is 19.7 Å². The molecule has 2 rings (SSSR count). The molecule has 2 fully saturated rings. The number of hydrogen-bond acceptors (Lipinski definition) is 4. The van der Waals surface area contributed by atoms with Gasteiger partial charge in [0.15, 0.2) is 0 Å². The second-order valence-corrected chi connectivity index (χ2v) is 8.41. The lowest BCUT2D eigenvalue weighted by molar-refractivity contribution is 0.289. The molecule has 0 saturated heterocycles. The molecule has 5 heteroatoms. The van der Waals surface area contributed by atoms with Crippen LogP contribution in [-0.4, -0.2) is 41.1 Å². The predicted octanol–water partition coefficient (Wildman–Crippen LogP) is 2.17. The number of hydrogen-bond donors (Lipinski definition) is 3. The quantitative estimate of drug-likeness (QED) is 0.404. The molecular formula is C16H35N3OSi. The van der Waals surface area contributed by atoms with Crippen molar-refractivity contribution in [1.82, 2.24) is 15.3 Å². The van der Waals surface area contributed by atoms with Gasteiger partial charge in [-0.25, -0.2) is 0 Å². The maximum Gasteiger partial charge on any atom is 0.335 e. The number of unbranched alkanes of at least 4 members (excludes halogenated alkanes) is 1. The van der Waals surface area contributed by atoms with Crippen LogP contribution in [0.5, 0.6) is 0 Å². The van der Waals surface area contributed by atoms with Crippen LogP contribution in [0.15, 0.2) is 0 Å². The van der Waals surface area contributed by atoms with Gasteiger partial charge in [0, 0.05) is 25.2 Å². The predicted molar refractivity (Wildman–Crippen MR) is 91.7 cm³/mol. The monoisotopic (exact) mass is 313 g/mol. The van der Waals surface area contributed by atoms with Crippen LogP contribution < -0.4 is 15.3 Å². The average molecular weight is 314 g/mol. The Morgan fingerprint density at radius 2 is 1.48 bits per heavy atom. The zero-order valence-electron chi connectivity index (χ0n) is 13.8. The molecule has 0 heterocycles. The van der Waals surface area contributed by atoms with E-state index in [0.717, 1.165) is 19.7 Å². The van der Waals surface area contributed by atoms with E-state index in [0.29, 0.717) is 12.1 Å². The molecule has 3 N–H and O–H groups in total. The van der Waals surface area contributed by atoms with Crippen molar-refractivity contribution in [3.8, 4) is 0 Å². The molecule has 124 valence electrons. The van der Waals surface area contributed by atoms with E-state index in [2.05, 4.69) is 22.2 Å². The van der Waals surface area contributed by atoms with Gasteiger partial charge in [0.1, 0.15) is 0 Å². The van der Waals surface area contributed by atoms with Gasteiger partial charge in [-0.2, -0.15) is 0 Å². The fraction of sp³-hybridized carbons (Fsp3) is 1.00. The van der Waals surface area contributed by atoms with Crippen molar-refractivity contribution in [1.29, 1.82) is 0 Å². The number of rotatable bonds is 11. The molecule has 0 aromatic carbocycles. The summed E-state index contributed by atoms with van der Waals surface area (Å²) < 4.78 is 6.20. The van der Waals surface area contributed by atoms with Crippen LogP contribution in [0.3, 0.4) is 0 Å². The molecule has 2 saturated carbocycles. The molecule has 0 radical (unpaired) electrons. The van der Waals surface area contributed by atoms with Crippen LogP contribution in [0, 0.1) is 0 Å². The third-order valence-corrected chi connectivity index (χ3v) is 6.87. The first-order valence-corrected chi connectivity index (χ1v) is 10.9. The molecule has 0 amide bonds. The maximum absolute atomic E-state index is 6.20. The summed E-state index contributed by atoms with van der Waals surface area (Å²) >= 11 is 0. The maximum atomic E-state index is 6.20. The van der Waals surface area contributed by atoms with Gasteiger partial charge in [-0.05, 0) is 38.6 Å². The zero-order valence-corrected chi connectivity index (χ0v) is 15.0. The normalized spacial score (nSPS) is 20.9. The van der Waals surface area contributed by atoms with Crippen molar-refractivity contribution < 1.29 is 4.43 Å². The van der Waals surface area contributed by atoms with E-state index in [1.807, 2.05) is 0 Å². The van der Waals surface area contributed by atoms with Gasteiger partial charge in [0.25, 0.3) is 0 Å². The van der Waals surface area contributed by atoms with E-state index in [1.165, 1.54) is 64.2 Å². The van der Waals surface area contributed by atoms with Crippen LogP contribution in [-0.2, 0) is 4.43 Å². The van der Waals surface area contributed by atoms with E-state index in [1.54, 1.807) is 0 Å². The highest BCUT2D eigenvalue weighted by Crippen LogP contribution is 2.19. The Balaban J connectivity index is 1.63. The summed E-state index contributed by atoms with van der Waals surface area (Å²) in [7, 11) is -1.44. The van der Waals surface area contributed by atoms with Crippen molar-refractivity contribution in [2.24, 2.45) is 0 Å². The summed E-state index contributed by atoms with van der Waals surface area (Å²) in [6, 6.07) is 1.42. The highest BCUT2D eigenvalue weighted by molar-refractivity contribution is 6.46. The lowest BCUT2D eigenvalue weighted by Gasteiger charge is -2.25. The Morgan fingerprint density at radius 1 is 0.905 bits per heavy atom. The summed E-state index contributed by atoms with van der Waals surface area (Å²) in [5.74, 6) is 0. The van der Waals surface area contributed by atoms with Crippen molar-refractivity contribution in [3.05, 3.63) is 0 Å². The van der Waals surface area contributed by atoms with Crippen LogP contribution in [0.2, 0.25) is 0 Å². The second-order valence-electron chi connectivity index (χ2n) is 6.65. The summed E-state index contributed by atoms with van der Waals surface area (Å²) in [4.78, 5) is 7.65. The van der Waals surface area contributed by atoms with Gasteiger partial charge >= 0.3 is 9.36 Å². The number of nitrogens with one attached hydrogen (secondary N) is 3. The molecule has 21 heavy (non-hydrogen) atoms. The SMILES string of the molecule is CCCCNCCO[SiH](NC1CCCC1)NC1CCCC1. The molecule has 2 aliphatic carbocycles. The largest absolute Gasteiger partial charge is 0.393 e. The molecule has 0 aromatic heterocycles. The molecule has 0 aromatic rings. The van der Waals surface area contributed by atoms with Gasteiger partial charge in [0.2, 0.25) is 0 Å². The van der Waals surface area contributed by atoms with Crippen LogP contribution in [0.4, 0.5) is 0 Å². The van der Waals surface area contributed by atoms with E-state index in [4.69, 9.17) is 4.43 Å².